The van der Waals surface area contributed by atoms with E-state index in [0.29, 0.717) is 11.5 Å². The second kappa shape index (κ2) is 7.84. The first-order chi connectivity index (χ1) is 13.6. The first-order valence-corrected chi connectivity index (χ1v) is 9.61. The average Bonchev–Trinajstić information content (AvgIpc) is 3.11. The lowest BCUT2D eigenvalue weighted by Crippen LogP contribution is -2.31. The van der Waals surface area contributed by atoms with Crippen molar-refractivity contribution in [3.05, 3.63) is 36.8 Å². The van der Waals surface area contributed by atoms with Crippen LogP contribution in [-0.4, -0.2) is 52.6 Å². The summed E-state index contributed by atoms with van der Waals surface area (Å²) in [6, 6.07) is 7.76. The number of hydrogen-bond donors (Lipinski definition) is 1. The van der Waals surface area contributed by atoms with Crippen molar-refractivity contribution < 1.29 is 4.79 Å². The third-order valence-electron chi connectivity index (χ3n) is 4.93. The Labute approximate surface area is 164 Å². The molecule has 1 saturated heterocycles. The van der Waals surface area contributed by atoms with Gasteiger partial charge in [0, 0.05) is 27.2 Å². The fourth-order valence-corrected chi connectivity index (χ4v) is 3.52. The van der Waals surface area contributed by atoms with Crippen LogP contribution < -0.4 is 15.1 Å². The molecule has 1 amide bonds. The number of anilines is 3. The molecular weight excluding hydrogens is 354 g/mol. The van der Waals surface area contributed by atoms with E-state index in [-0.39, 0.29) is 12.5 Å². The van der Waals surface area contributed by atoms with Crippen LogP contribution in [-0.2, 0) is 11.3 Å². The van der Waals surface area contributed by atoms with E-state index in [9.17, 15) is 4.79 Å². The molecule has 28 heavy (non-hydrogen) atoms. The van der Waals surface area contributed by atoms with Gasteiger partial charge in [-0.15, -0.1) is 0 Å². The molecule has 1 aromatic carbocycles. The number of amides is 1. The lowest BCUT2D eigenvalue weighted by Gasteiger charge is -2.28. The number of carbonyl (C=O) groups excluding carboxylic acids is 1. The predicted molar refractivity (Wildman–Crippen MR) is 111 cm³/mol. The summed E-state index contributed by atoms with van der Waals surface area (Å²) in [5, 5.41) is 2.95. The van der Waals surface area contributed by atoms with Crippen molar-refractivity contribution in [1.82, 2.24) is 19.5 Å². The van der Waals surface area contributed by atoms with Gasteiger partial charge in [0.25, 0.3) is 0 Å². The van der Waals surface area contributed by atoms with Gasteiger partial charge in [-0.1, -0.05) is 12.1 Å². The van der Waals surface area contributed by atoms with Gasteiger partial charge in [-0.25, -0.2) is 9.97 Å². The lowest BCUT2D eigenvalue weighted by atomic mass is 10.1. The number of nitrogens with one attached hydrogen (secondary N) is 1. The van der Waals surface area contributed by atoms with Gasteiger partial charge in [0.1, 0.15) is 12.2 Å². The molecule has 3 heterocycles. The fraction of sp³-hybridized carbons (Fsp3) is 0.400. The zero-order chi connectivity index (χ0) is 19.5. The highest BCUT2D eigenvalue weighted by Gasteiger charge is 2.18. The molecule has 0 radical (unpaired) electrons. The monoisotopic (exact) mass is 379 g/mol. The molecule has 3 aromatic rings. The molecule has 0 atom stereocenters. The van der Waals surface area contributed by atoms with E-state index >= 15 is 0 Å². The Morgan fingerprint density at radius 3 is 2.71 bits per heavy atom. The predicted octanol–water partition coefficient (Wildman–Crippen LogP) is 2.52. The van der Waals surface area contributed by atoms with Crippen LogP contribution in [0.3, 0.4) is 0 Å². The maximum absolute atomic E-state index is 12.6. The van der Waals surface area contributed by atoms with Gasteiger partial charge in [-0.3, -0.25) is 4.79 Å². The molecule has 2 aromatic heterocycles. The first kappa shape index (κ1) is 18.2. The van der Waals surface area contributed by atoms with E-state index in [0.717, 1.165) is 42.9 Å². The highest BCUT2D eigenvalue weighted by Crippen LogP contribution is 2.25. The lowest BCUT2D eigenvalue weighted by molar-refractivity contribution is -0.116. The number of rotatable bonds is 5. The Kier molecular flexibility index (Phi) is 5.10. The highest BCUT2D eigenvalue weighted by molar-refractivity contribution is 5.94. The molecule has 0 aliphatic carbocycles. The van der Waals surface area contributed by atoms with Gasteiger partial charge in [0.15, 0.2) is 5.82 Å². The Hall–Kier alpha value is -3.16. The third kappa shape index (κ3) is 3.76. The van der Waals surface area contributed by atoms with E-state index in [1.807, 2.05) is 47.8 Å². The van der Waals surface area contributed by atoms with Crippen molar-refractivity contribution in [1.29, 1.82) is 0 Å². The van der Waals surface area contributed by atoms with Crippen molar-refractivity contribution in [2.24, 2.45) is 0 Å². The van der Waals surface area contributed by atoms with E-state index in [4.69, 9.17) is 4.98 Å². The summed E-state index contributed by atoms with van der Waals surface area (Å²) in [5.41, 5.74) is 2.42. The van der Waals surface area contributed by atoms with Crippen LogP contribution >= 0.6 is 0 Å². The van der Waals surface area contributed by atoms with Crippen LogP contribution in [0.5, 0.6) is 0 Å². The summed E-state index contributed by atoms with van der Waals surface area (Å²) in [7, 11) is 3.84. The molecule has 0 saturated carbocycles. The number of imidazole rings is 1. The molecule has 4 rings (SSSR count). The van der Waals surface area contributed by atoms with Crippen LogP contribution in [0.4, 0.5) is 17.5 Å². The summed E-state index contributed by atoms with van der Waals surface area (Å²) in [6.45, 7) is 2.14. The maximum Gasteiger partial charge on any atom is 0.244 e. The smallest absolute Gasteiger partial charge is 0.244 e. The van der Waals surface area contributed by atoms with E-state index in [1.54, 1.807) is 12.5 Å². The van der Waals surface area contributed by atoms with Crippen molar-refractivity contribution in [3.8, 4) is 0 Å². The second-order valence-corrected chi connectivity index (χ2v) is 7.26. The Morgan fingerprint density at radius 1 is 1.14 bits per heavy atom. The molecule has 0 bridgehead atoms. The van der Waals surface area contributed by atoms with E-state index < -0.39 is 0 Å². The minimum atomic E-state index is -0.138. The number of piperidine rings is 1. The van der Waals surface area contributed by atoms with Crippen molar-refractivity contribution in [2.45, 2.75) is 25.8 Å². The minimum Gasteiger partial charge on any atom is -0.361 e. The largest absolute Gasteiger partial charge is 0.361 e. The van der Waals surface area contributed by atoms with E-state index in [2.05, 4.69) is 20.2 Å². The van der Waals surface area contributed by atoms with Crippen LogP contribution in [0.25, 0.3) is 11.0 Å². The number of fused-ring (bicyclic) bond motifs is 1. The van der Waals surface area contributed by atoms with Gasteiger partial charge in [-0.2, -0.15) is 4.98 Å². The molecule has 1 aliphatic rings. The van der Waals surface area contributed by atoms with Crippen LogP contribution in [0.1, 0.15) is 19.3 Å². The minimum absolute atomic E-state index is 0.138. The number of hydrogen-bond acceptors (Lipinski definition) is 6. The Bertz CT molecular complexity index is 976. The Balaban J connectivity index is 1.52. The van der Waals surface area contributed by atoms with Crippen molar-refractivity contribution >= 4 is 34.4 Å². The number of benzene rings is 1. The molecule has 1 N–H and O–H groups in total. The summed E-state index contributed by atoms with van der Waals surface area (Å²) < 4.78 is 1.84. The van der Waals surface area contributed by atoms with Gasteiger partial charge < -0.3 is 19.7 Å². The molecule has 8 nitrogen and oxygen atoms in total. The van der Waals surface area contributed by atoms with Gasteiger partial charge in [-0.05, 0) is 31.4 Å². The quantitative estimate of drug-likeness (QED) is 0.734. The highest BCUT2D eigenvalue weighted by atomic mass is 16.2. The first-order valence-electron chi connectivity index (χ1n) is 9.61. The van der Waals surface area contributed by atoms with Crippen molar-refractivity contribution in [3.63, 3.8) is 0 Å². The molecular formula is C20H25N7O. The summed E-state index contributed by atoms with van der Waals surface area (Å²) in [4.78, 5) is 30.3. The second-order valence-electron chi connectivity index (χ2n) is 7.26. The van der Waals surface area contributed by atoms with Crippen LogP contribution in [0, 0.1) is 0 Å². The molecule has 0 unspecified atom stereocenters. The maximum atomic E-state index is 12.6. The molecule has 146 valence electrons. The standard InChI is InChI=1S/C20H25N7O/c1-25(2)19-16(12-21-20(24-19)26-10-6-3-7-11-26)23-18(28)13-27-14-22-15-8-4-5-9-17(15)27/h4-5,8-9,12,14H,3,6-7,10-11,13H2,1-2H3,(H,23,28). The van der Waals surface area contributed by atoms with Gasteiger partial charge in [0.2, 0.25) is 11.9 Å². The SMILES string of the molecule is CN(C)c1nc(N2CCCCC2)ncc1NC(=O)Cn1cnc2ccccc21. The molecule has 0 spiro atoms. The zero-order valence-corrected chi connectivity index (χ0v) is 16.3. The summed E-state index contributed by atoms with van der Waals surface area (Å²) in [5.74, 6) is 1.29. The Morgan fingerprint density at radius 2 is 1.93 bits per heavy atom. The number of para-hydroxylation sites is 2. The average molecular weight is 379 g/mol. The van der Waals surface area contributed by atoms with Crippen LogP contribution in [0.15, 0.2) is 36.8 Å². The normalized spacial score (nSPS) is 14.3. The fourth-order valence-electron chi connectivity index (χ4n) is 3.52. The third-order valence-corrected chi connectivity index (χ3v) is 4.93. The van der Waals surface area contributed by atoms with E-state index in [1.165, 1.54) is 6.42 Å². The summed E-state index contributed by atoms with van der Waals surface area (Å²) >= 11 is 0. The zero-order valence-electron chi connectivity index (χ0n) is 16.3. The number of nitrogens with zero attached hydrogens (tertiary/aromatic N) is 6. The van der Waals surface area contributed by atoms with Crippen molar-refractivity contribution in [2.75, 3.05) is 42.3 Å². The number of aromatic nitrogens is 4. The topological polar surface area (TPSA) is 79.2 Å². The molecule has 1 aliphatic heterocycles. The van der Waals surface area contributed by atoms with Gasteiger partial charge >= 0.3 is 0 Å². The summed E-state index contributed by atoms with van der Waals surface area (Å²) in [6.07, 6.45) is 6.98. The molecule has 1 fully saturated rings. The number of carbonyl (C=O) groups is 1. The van der Waals surface area contributed by atoms with Crippen LogP contribution in [0.2, 0.25) is 0 Å². The molecule has 8 heteroatoms. The van der Waals surface area contributed by atoms with Gasteiger partial charge in [0.05, 0.1) is 23.6 Å².